The summed E-state index contributed by atoms with van der Waals surface area (Å²) >= 11 is 0. The number of benzene rings is 1. The van der Waals surface area contributed by atoms with Gasteiger partial charge in [0, 0.05) is 25.8 Å². The van der Waals surface area contributed by atoms with Crippen molar-refractivity contribution in [1.29, 1.82) is 0 Å². The number of aromatic nitrogens is 4. The van der Waals surface area contributed by atoms with E-state index in [1.807, 2.05) is 24.3 Å². The van der Waals surface area contributed by atoms with Crippen LogP contribution in [0.15, 0.2) is 51.6 Å². The van der Waals surface area contributed by atoms with Gasteiger partial charge in [0.2, 0.25) is 17.6 Å². The number of rotatable bonds is 7. The lowest BCUT2D eigenvalue weighted by Gasteiger charge is -2.02. The summed E-state index contributed by atoms with van der Waals surface area (Å²) in [6.07, 6.45) is 2.84. The monoisotopic (exact) mass is 351 g/mol. The molecule has 26 heavy (non-hydrogen) atoms. The van der Waals surface area contributed by atoms with Crippen molar-refractivity contribution >= 4 is 16.9 Å². The number of nitrogens with zero attached hydrogens (tertiary/aromatic N) is 3. The van der Waals surface area contributed by atoms with Gasteiger partial charge in [-0.3, -0.25) is 4.79 Å². The van der Waals surface area contributed by atoms with Crippen molar-refractivity contribution in [3.63, 3.8) is 0 Å². The Morgan fingerprint density at radius 3 is 2.88 bits per heavy atom. The molecular weight excluding hydrogens is 334 g/mol. The molecule has 0 unspecified atom stereocenters. The topological polar surface area (TPSA) is 110 Å². The van der Waals surface area contributed by atoms with E-state index in [2.05, 4.69) is 25.4 Å². The molecule has 3 aromatic heterocycles. The Bertz CT molecular complexity index is 970. The van der Waals surface area contributed by atoms with Crippen LogP contribution in [0.4, 0.5) is 0 Å². The maximum atomic E-state index is 12.0. The van der Waals surface area contributed by atoms with Crippen molar-refractivity contribution in [3.05, 3.63) is 54.4 Å². The molecule has 4 rings (SSSR count). The zero-order valence-electron chi connectivity index (χ0n) is 13.9. The van der Waals surface area contributed by atoms with Crippen LogP contribution in [0.3, 0.4) is 0 Å². The average Bonchev–Trinajstić information content (AvgIpc) is 3.38. The first-order chi connectivity index (χ1) is 12.8. The Hall–Kier alpha value is -3.42. The number of furan rings is 1. The van der Waals surface area contributed by atoms with Crippen LogP contribution < -0.4 is 5.32 Å². The third kappa shape index (κ3) is 3.64. The van der Waals surface area contributed by atoms with Gasteiger partial charge in [0.25, 0.3) is 0 Å². The highest BCUT2D eigenvalue weighted by Gasteiger charge is 2.12. The maximum absolute atomic E-state index is 12.0. The van der Waals surface area contributed by atoms with Crippen LogP contribution in [0.5, 0.6) is 0 Å². The van der Waals surface area contributed by atoms with E-state index in [9.17, 15) is 4.79 Å². The number of aromatic amines is 1. The third-order valence-electron chi connectivity index (χ3n) is 3.90. The molecule has 8 nitrogen and oxygen atoms in total. The zero-order valence-corrected chi connectivity index (χ0v) is 13.9. The van der Waals surface area contributed by atoms with E-state index in [0.717, 1.165) is 16.9 Å². The van der Waals surface area contributed by atoms with Crippen LogP contribution in [0, 0.1) is 0 Å². The lowest BCUT2D eigenvalue weighted by atomic mass is 10.3. The number of imidazole rings is 1. The molecule has 8 heteroatoms. The molecule has 0 atom stereocenters. The molecule has 0 aliphatic rings. The molecule has 0 bridgehead atoms. The standard InChI is InChI=1S/C18H17N5O3/c24-16(7-8-17-22-18(23-26-17)14-6-3-11-25-14)19-10-9-15-20-12-4-1-2-5-13(12)21-15/h1-6,11H,7-10H2,(H,19,24)(H,20,21). The van der Waals surface area contributed by atoms with Gasteiger partial charge < -0.3 is 19.2 Å². The number of para-hydroxylation sites is 2. The molecule has 2 N–H and O–H groups in total. The predicted molar refractivity (Wildman–Crippen MR) is 93.1 cm³/mol. The second-order valence-electron chi connectivity index (χ2n) is 5.79. The molecule has 132 valence electrons. The Morgan fingerprint density at radius 1 is 1.12 bits per heavy atom. The quantitative estimate of drug-likeness (QED) is 0.529. The molecule has 4 aromatic rings. The van der Waals surface area contributed by atoms with Gasteiger partial charge in [0.15, 0.2) is 5.76 Å². The highest BCUT2D eigenvalue weighted by molar-refractivity contribution is 5.76. The summed E-state index contributed by atoms with van der Waals surface area (Å²) in [5.74, 6) is 2.11. The van der Waals surface area contributed by atoms with Crippen LogP contribution in [0.1, 0.15) is 18.1 Å². The predicted octanol–water partition coefficient (Wildman–Crippen LogP) is 2.50. The number of hydrogen-bond acceptors (Lipinski definition) is 6. The van der Waals surface area contributed by atoms with Gasteiger partial charge in [-0.15, -0.1) is 0 Å². The first-order valence-electron chi connectivity index (χ1n) is 8.35. The minimum Gasteiger partial charge on any atom is -0.461 e. The van der Waals surface area contributed by atoms with Gasteiger partial charge in [0.1, 0.15) is 5.82 Å². The minimum atomic E-state index is -0.0705. The first-order valence-corrected chi connectivity index (χ1v) is 8.35. The fourth-order valence-corrected chi connectivity index (χ4v) is 2.62. The lowest BCUT2D eigenvalue weighted by molar-refractivity contribution is -0.121. The van der Waals surface area contributed by atoms with Gasteiger partial charge >= 0.3 is 0 Å². The number of nitrogens with one attached hydrogen (secondary N) is 2. The van der Waals surface area contributed by atoms with Gasteiger partial charge in [-0.1, -0.05) is 17.3 Å². The number of hydrogen-bond donors (Lipinski definition) is 2. The van der Waals surface area contributed by atoms with E-state index in [1.165, 1.54) is 0 Å². The summed E-state index contributed by atoms with van der Waals surface area (Å²) in [4.78, 5) is 23.9. The van der Waals surface area contributed by atoms with Crippen LogP contribution in [0.2, 0.25) is 0 Å². The second kappa shape index (κ2) is 7.22. The van der Waals surface area contributed by atoms with Crippen molar-refractivity contribution in [3.8, 4) is 11.6 Å². The van der Waals surface area contributed by atoms with Crippen molar-refractivity contribution in [2.75, 3.05) is 6.54 Å². The largest absolute Gasteiger partial charge is 0.461 e. The molecule has 0 saturated carbocycles. The summed E-state index contributed by atoms with van der Waals surface area (Å²) in [6, 6.07) is 11.3. The Balaban J connectivity index is 1.23. The molecule has 3 heterocycles. The van der Waals surface area contributed by atoms with Crippen molar-refractivity contribution in [2.45, 2.75) is 19.3 Å². The van der Waals surface area contributed by atoms with Crippen molar-refractivity contribution < 1.29 is 13.7 Å². The molecule has 0 fully saturated rings. The Morgan fingerprint density at radius 2 is 2.04 bits per heavy atom. The lowest BCUT2D eigenvalue weighted by Crippen LogP contribution is -2.26. The minimum absolute atomic E-state index is 0.0705. The number of fused-ring (bicyclic) bond motifs is 1. The molecule has 1 amide bonds. The van der Waals surface area contributed by atoms with Crippen LogP contribution >= 0.6 is 0 Å². The zero-order chi connectivity index (χ0) is 17.8. The van der Waals surface area contributed by atoms with E-state index in [4.69, 9.17) is 8.94 Å². The van der Waals surface area contributed by atoms with Gasteiger partial charge in [-0.05, 0) is 24.3 Å². The van der Waals surface area contributed by atoms with Crippen LogP contribution in [0.25, 0.3) is 22.6 Å². The highest BCUT2D eigenvalue weighted by atomic mass is 16.5. The Kier molecular flexibility index (Phi) is 4.46. The van der Waals surface area contributed by atoms with Crippen LogP contribution in [-0.4, -0.2) is 32.6 Å². The first kappa shape index (κ1) is 16.1. The summed E-state index contributed by atoms with van der Waals surface area (Å²) in [5, 5.41) is 6.71. The second-order valence-corrected chi connectivity index (χ2v) is 5.79. The summed E-state index contributed by atoms with van der Waals surface area (Å²) in [5.41, 5.74) is 1.93. The molecule has 0 saturated heterocycles. The van der Waals surface area contributed by atoms with E-state index in [1.54, 1.807) is 18.4 Å². The smallest absolute Gasteiger partial charge is 0.238 e. The van der Waals surface area contributed by atoms with E-state index >= 15 is 0 Å². The number of carbonyl (C=O) groups is 1. The fraction of sp³-hybridized carbons (Fsp3) is 0.222. The highest BCUT2D eigenvalue weighted by Crippen LogP contribution is 2.16. The third-order valence-corrected chi connectivity index (χ3v) is 3.90. The van der Waals surface area contributed by atoms with Crippen LogP contribution in [-0.2, 0) is 17.6 Å². The maximum Gasteiger partial charge on any atom is 0.238 e. The fourth-order valence-electron chi connectivity index (χ4n) is 2.62. The molecular formula is C18H17N5O3. The number of aryl methyl sites for hydroxylation is 1. The summed E-state index contributed by atoms with van der Waals surface area (Å²) in [6.45, 7) is 0.514. The van der Waals surface area contributed by atoms with Crippen molar-refractivity contribution in [1.82, 2.24) is 25.4 Å². The van der Waals surface area contributed by atoms with Crippen molar-refractivity contribution in [2.24, 2.45) is 0 Å². The Labute approximate surface area is 148 Å². The molecule has 1 aromatic carbocycles. The van der Waals surface area contributed by atoms with E-state index in [0.29, 0.717) is 36.9 Å². The number of H-pyrrole nitrogens is 1. The summed E-state index contributed by atoms with van der Waals surface area (Å²) < 4.78 is 10.3. The summed E-state index contributed by atoms with van der Waals surface area (Å²) in [7, 11) is 0. The molecule has 0 spiro atoms. The van der Waals surface area contributed by atoms with Gasteiger partial charge in [-0.25, -0.2) is 4.98 Å². The number of carbonyl (C=O) groups excluding carboxylic acids is 1. The average molecular weight is 351 g/mol. The molecule has 0 radical (unpaired) electrons. The van der Waals surface area contributed by atoms with E-state index < -0.39 is 0 Å². The molecule has 0 aliphatic heterocycles. The van der Waals surface area contributed by atoms with E-state index in [-0.39, 0.29) is 12.3 Å². The van der Waals surface area contributed by atoms with Gasteiger partial charge in [-0.2, -0.15) is 4.98 Å². The number of amides is 1. The SMILES string of the molecule is O=C(CCc1nc(-c2ccco2)no1)NCCc1nc2ccccc2[nH]1. The normalized spacial score (nSPS) is 11.1. The van der Waals surface area contributed by atoms with Gasteiger partial charge in [0.05, 0.1) is 17.3 Å². The molecule has 0 aliphatic carbocycles.